The number of rotatable bonds is 7. The number of benzene rings is 3. The van der Waals surface area contributed by atoms with Crippen molar-refractivity contribution in [2.24, 2.45) is 0 Å². The summed E-state index contributed by atoms with van der Waals surface area (Å²) in [6.45, 7) is 0. The Balaban J connectivity index is 1.37. The number of aromatic hydroxyl groups is 1. The summed E-state index contributed by atoms with van der Waals surface area (Å²) >= 11 is 1.37. The van der Waals surface area contributed by atoms with E-state index in [9.17, 15) is 19.4 Å². The number of aromatic nitrogens is 2. The number of halogens is 1. The third kappa shape index (κ3) is 4.76. The van der Waals surface area contributed by atoms with Crippen LogP contribution in [0.15, 0.2) is 91.4 Å². The lowest BCUT2D eigenvalue weighted by Gasteiger charge is -2.47. The summed E-state index contributed by atoms with van der Waals surface area (Å²) in [7, 11) is 0. The van der Waals surface area contributed by atoms with E-state index in [0.29, 0.717) is 5.56 Å². The highest BCUT2D eigenvalue weighted by Crippen LogP contribution is 2.46. The van der Waals surface area contributed by atoms with Crippen LogP contribution in [0.5, 0.6) is 5.75 Å². The monoisotopic (exact) mass is 487 g/mol. The molecule has 1 amide bonds. The lowest BCUT2D eigenvalue weighted by molar-refractivity contribution is -0.123. The Labute approximate surface area is 206 Å². The minimum absolute atomic E-state index is 0.0633. The van der Waals surface area contributed by atoms with E-state index in [2.05, 4.69) is 9.97 Å². The van der Waals surface area contributed by atoms with Gasteiger partial charge in [-0.1, -0.05) is 36.4 Å². The van der Waals surface area contributed by atoms with Crippen molar-refractivity contribution in [2.75, 3.05) is 10.7 Å². The minimum atomic E-state index is -0.825. The van der Waals surface area contributed by atoms with Gasteiger partial charge in [0.15, 0.2) is 0 Å². The molecule has 5 rings (SSSR count). The maximum atomic E-state index is 13.3. The van der Waals surface area contributed by atoms with E-state index in [1.165, 1.54) is 23.9 Å². The zero-order valence-corrected chi connectivity index (χ0v) is 19.3. The number of amides is 1. The average Bonchev–Trinajstić information content (AvgIpc) is 2.89. The predicted octanol–water partition coefficient (Wildman–Crippen LogP) is 4.91. The summed E-state index contributed by atoms with van der Waals surface area (Å²) in [5.74, 6) is 0.00813. The van der Waals surface area contributed by atoms with Crippen molar-refractivity contribution in [1.82, 2.24) is 9.97 Å². The number of phenols is 1. The van der Waals surface area contributed by atoms with Crippen molar-refractivity contribution in [3.8, 4) is 17.0 Å². The third-order valence-corrected chi connectivity index (χ3v) is 7.30. The summed E-state index contributed by atoms with van der Waals surface area (Å²) < 4.78 is 13.2. The molecule has 3 aromatic carbocycles. The quantitative estimate of drug-likeness (QED) is 0.360. The summed E-state index contributed by atoms with van der Waals surface area (Å²) in [5, 5.41) is 19.9. The fraction of sp³-hybridized carbons (Fsp3) is 0.148. The zero-order chi connectivity index (χ0) is 24.4. The average molecular weight is 488 g/mol. The number of hydrogen-bond donors (Lipinski definition) is 2. The fourth-order valence-electron chi connectivity index (χ4n) is 4.13. The van der Waals surface area contributed by atoms with Crippen LogP contribution in [0.1, 0.15) is 23.3 Å². The van der Waals surface area contributed by atoms with Crippen LogP contribution in [-0.4, -0.2) is 37.1 Å². The first-order valence-electron chi connectivity index (χ1n) is 11.0. The van der Waals surface area contributed by atoms with E-state index in [1.807, 2.05) is 24.3 Å². The van der Waals surface area contributed by atoms with Gasteiger partial charge in [0.05, 0.1) is 24.0 Å². The summed E-state index contributed by atoms with van der Waals surface area (Å²) in [4.78, 5) is 23.4. The van der Waals surface area contributed by atoms with Gasteiger partial charge < -0.3 is 15.1 Å². The lowest BCUT2D eigenvalue weighted by atomic mass is 9.92. The second kappa shape index (κ2) is 9.85. The highest BCUT2D eigenvalue weighted by Gasteiger charge is 2.49. The first kappa shape index (κ1) is 23.0. The minimum Gasteiger partial charge on any atom is -0.508 e. The van der Waals surface area contributed by atoms with E-state index in [0.717, 1.165) is 22.5 Å². The highest BCUT2D eigenvalue weighted by atomic mass is 32.2. The van der Waals surface area contributed by atoms with Crippen molar-refractivity contribution in [3.63, 3.8) is 0 Å². The Hall–Kier alpha value is -3.75. The summed E-state index contributed by atoms with van der Waals surface area (Å²) in [5.41, 5.74) is 3.87. The van der Waals surface area contributed by atoms with E-state index in [-0.39, 0.29) is 29.3 Å². The standard InChI is InChI=1S/C27H22FN3O3S/c28-20-7-1-18(2-8-20)24(33)16-35-26-25(19-5-11-22(32)12-6-19)31(27(26)34)21-9-3-17(4-10-21)23-15-29-13-14-30-23/h1-15,24-26,32-33H,16H2/t24-,25-,26-/m1/s1. The number of thioether (sulfide) groups is 1. The maximum absolute atomic E-state index is 13.3. The van der Waals surface area contributed by atoms with Crippen LogP contribution in [0.25, 0.3) is 11.3 Å². The van der Waals surface area contributed by atoms with Crippen molar-refractivity contribution < 1.29 is 19.4 Å². The maximum Gasteiger partial charge on any atom is 0.243 e. The van der Waals surface area contributed by atoms with Crippen LogP contribution in [-0.2, 0) is 4.79 Å². The molecular weight excluding hydrogens is 465 g/mol. The number of anilines is 1. The van der Waals surface area contributed by atoms with Crippen LogP contribution >= 0.6 is 11.8 Å². The number of hydrogen-bond acceptors (Lipinski definition) is 6. The molecule has 4 aromatic rings. The van der Waals surface area contributed by atoms with Crippen molar-refractivity contribution >= 4 is 23.4 Å². The molecule has 3 atom stereocenters. The molecule has 0 unspecified atom stereocenters. The van der Waals surface area contributed by atoms with E-state index >= 15 is 0 Å². The molecule has 0 aliphatic carbocycles. The number of aliphatic hydroxyl groups excluding tert-OH is 1. The predicted molar refractivity (Wildman–Crippen MR) is 133 cm³/mol. The van der Waals surface area contributed by atoms with Crippen LogP contribution in [0.3, 0.4) is 0 Å². The molecule has 0 radical (unpaired) electrons. The lowest BCUT2D eigenvalue weighted by Crippen LogP contribution is -2.57. The van der Waals surface area contributed by atoms with Gasteiger partial charge in [-0.15, -0.1) is 11.8 Å². The van der Waals surface area contributed by atoms with E-state index < -0.39 is 11.4 Å². The molecule has 8 heteroatoms. The highest BCUT2D eigenvalue weighted by molar-refractivity contribution is 8.00. The van der Waals surface area contributed by atoms with Crippen LogP contribution in [0.4, 0.5) is 10.1 Å². The molecule has 1 aliphatic heterocycles. The number of carbonyl (C=O) groups excluding carboxylic acids is 1. The fourth-order valence-corrected chi connectivity index (χ4v) is 5.42. The number of phenolic OH excluding ortho intramolecular Hbond substituents is 1. The topological polar surface area (TPSA) is 86.5 Å². The molecule has 176 valence electrons. The van der Waals surface area contributed by atoms with Crippen LogP contribution in [0.2, 0.25) is 0 Å². The molecule has 1 saturated heterocycles. The van der Waals surface area contributed by atoms with Crippen LogP contribution < -0.4 is 4.90 Å². The Morgan fingerprint density at radius 1 is 0.971 bits per heavy atom. The molecule has 6 nitrogen and oxygen atoms in total. The van der Waals surface area contributed by atoms with E-state index in [4.69, 9.17) is 0 Å². The Morgan fingerprint density at radius 3 is 2.34 bits per heavy atom. The largest absolute Gasteiger partial charge is 0.508 e. The third-order valence-electron chi connectivity index (χ3n) is 5.97. The SMILES string of the molecule is O=C1[C@H](SC[C@@H](O)c2ccc(F)cc2)[C@@H](c2ccc(O)cc2)N1c1ccc(-c2cnccn2)cc1. The number of aliphatic hydroxyl groups is 1. The second-order valence-corrected chi connectivity index (χ2v) is 9.38. The van der Waals surface area contributed by atoms with Gasteiger partial charge in [-0.05, 0) is 47.5 Å². The van der Waals surface area contributed by atoms with Gasteiger partial charge in [-0.2, -0.15) is 0 Å². The molecule has 0 spiro atoms. The molecule has 2 heterocycles. The van der Waals surface area contributed by atoms with Gasteiger partial charge in [-0.3, -0.25) is 14.8 Å². The Bertz CT molecular complexity index is 1300. The molecule has 1 aromatic heterocycles. The normalized spacial score (nSPS) is 18.2. The summed E-state index contributed by atoms with van der Waals surface area (Å²) in [6, 6.07) is 19.8. The Kier molecular flexibility index (Phi) is 6.48. The van der Waals surface area contributed by atoms with Gasteiger partial charge >= 0.3 is 0 Å². The first-order valence-corrected chi connectivity index (χ1v) is 12.1. The van der Waals surface area contributed by atoms with Crippen molar-refractivity contribution in [2.45, 2.75) is 17.4 Å². The molecule has 1 fully saturated rings. The van der Waals surface area contributed by atoms with Crippen LogP contribution in [0, 0.1) is 5.82 Å². The van der Waals surface area contributed by atoms with Crippen molar-refractivity contribution in [3.05, 3.63) is 108 Å². The number of carbonyl (C=O) groups is 1. The molecule has 1 aliphatic rings. The zero-order valence-electron chi connectivity index (χ0n) is 18.5. The number of β-lactam (4-membered cyclic amide) rings is 1. The molecular formula is C27H22FN3O3S. The molecule has 0 saturated carbocycles. The second-order valence-electron chi connectivity index (χ2n) is 8.20. The van der Waals surface area contributed by atoms with E-state index in [1.54, 1.807) is 59.9 Å². The molecule has 35 heavy (non-hydrogen) atoms. The Morgan fingerprint density at radius 2 is 1.69 bits per heavy atom. The molecule has 0 bridgehead atoms. The summed E-state index contributed by atoms with van der Waals surface area (Å²) in [6.07, 6.45) is 4.10. The van der Waals surface area contributed by atoms with Crippen molar-refractivity contribution in [1.29, 1.82) is 0 Å². The smallest absolute Gasteiger partial charge is 0.243 e. The first-order chi connectivity index (χ1) is 17.0. The van der Waals surface area contributed by atoms with Gasteiger partial charge in [-0.25, -0.2) is 4.39 Å². The van der Waals surface area contributed by atoms with Gasteiger partial charge in [0.2, 0.25) is 5.91 Å². The van der Waals surface area contributed by atoms with Gasteiger partial charge in [0.1, 0.15) is 16.8 Å². The van der Waals surface area contributed by atoms with Gasteiger partial charge in [0.25, 0.3) is 0 Å². The number of nitrogens with zero attached hydrogens (tertiary/aromatic N) is 3. The molecule has 2 N–H and O–H groups in total. The van der Waals surface area contributed by atoms with Gasteiger partial charge in [0, 0.05) is 29.4 Å².